The minimum Gasteiger partial charge on any atom is -0.481 e. The average Bonchev–Trinajstić information content (AvgIpc) is 2.51. The van der Waals surface area contributed by atoms with Gasteiger partial charge in [-0.2, -0.15) is 0 Å². The van der Waals surface area contributed by atoms with Gasteiger partial charge in [0, 0.05) is 10.0 Å². The molecule has 0 radical (unpaired) electrons. The maximum Gasteiger partial charge on any atom is 0.306 e. The first-order chi connectivity index (χ1) is 8.46. The Morgan fingerprint density at radius 2 is 2.28 bits per heavy atom. The molecule has 0 saturated heterocycles. The number of hydrogen-bond acceptors (Lipinski definition) is 3. The summed E-state index contributed by atoms with van der Waals surface area (Å²) in [4.78, 5) is 15.4. The van der Waals surface area contributed by atoms with Crippen LogP contribution in [-0.2, 0) is 15.1 Å². The van der Waals surface area contributed by atoms with Crippen molar-refractivity contribution in [3.05, 3.63) is 33.8 Å². The fourth-order valence-corrected chi connectivity index (χ4v) is 2.53. The monoisotopic (exact) mass is 311 g/mol. The van der Waals surface area contributed by atoms with Crippen LogP contribution >= 0.6 is 15.9 Å². The molecule has 1 aliphatic rings. The van der Waals surface area contributed by atoms with E-state index in [1.807, 2.05) is 32.0 Å². The Hall–Kier alpha value is -1.36. The molecular formula is C13H14BrNO3. The number of benzene rings is 1. The molecule has 1 heterocycles. The molecule has 96 valence electrons. The van der Waals surface area contributed by atoms with Crippen molar-refractivity contribution in [1.29, 1.82) is 0 Å². The summed E-state index contributed by atoms with van der Waals surface area (Å²) in [5, 5.41) is 9.03. The molecule has 0 fully saturated rings. The summed E-state index contributed by atoms with van der Waals surface area (Å²) < 4.78 is 6.40. The highest BCUT2D eigenvalue weighted by molar-refractivity contribution is 9.10. The Morgan fingerprint density at radius 3 is 2.89 bits per heavy atom. The van der Waals surface area contributed by atoms with Crippen molar-refractivity contribution in [2.75, 3.05) is 6.61 Å². The van der Waals surface area contributed by atoms with Gasteiger partial charge in [0.2, 0.25) is 5.90 Å². The summed E-state index contributed by atoms with van der Waals surface area (Å²) in [7, 11) is 0. The Balaban J connectivity index is 2.51. The second kappa shape index (κ2) is 4.72. The zero-order valence-corrected chi connectivity index (χ0v) is 11.8. The Bertz CT molecular complexity index is 527. The maximum atomic E-state index is 11.0. The molecule has 5 heteroatoms. The number of carboxylic acids is 1. The lowest BCUT2D eigenvalue weighted by Gasteiger charge is -2.19. The van der Waals surface area contributed by atoms with Gasteiger partial charge in [-0.1, -0.05) is 15.9 Å². The highest BCUT2D eigenvalue weighted by Gasteiger charge is 2.38. The van der Waals surface area contributed by atoms with Crippen LogP contribution in [0.25, 0.3) is 0 Å². The lowest BCUT2D eigenvalue weighted by atomic mass is 9.89. The molecule has 1 aliphatic heterocycles. The predicted octanol–water partition coefficient (Wildman–Crippen LogP) is 2.94. The van der Waals surface area contributed by atoms with Crippen LogP contribution in [0.15, 0.2) is 27.7 Å². The molecule has 18 heavy (non-hydrogen) atoms. The number of nitrogens with zero attached hydrogens (tertiary/aromatic N) is 1. The molecule has 0 aromatic heterocycles. The van der Waals surface area contributed by atoms with E-state index in [-0.39, 0.29) is 6.42 Å². The predicted molar refractivity (Wildman–Crippen MR) is 71.9 cm³/mol. The fraction of sp³-hybridized carbons (Fsp3) is 0.385. The van der Waals surface area contributed by atoms with Gasteiger partial charge in [-0.3, -0.25) is 4.79 Å². The van der Waals surface area contributed by atoms with Gasteiger partial charge in [-0.15, -0.1) is 0 Å². The van der Waals surface area contributed by atoms with Crippen LogP contribution in [0.2, 0.25) is 0 Å². The van der Waals surface area contributed by atoms with E-state index in [1.165, 1.54) is 0 Å². The number of hydrogen-bond donors (Lipinski definition) is 1. The first-order valence-corrected chi connectivity index (χ1v) is 6.50. The fourth-order valence-electron chi connectivity index (χ4n) is 2.17. The largest absolute Gasteiger partial charge is 0.481 e. The second-order valence-corrected chi connectivity index (χ2v) is 5.30. The van der Waals surface area contributed by atoms with Gasteiger partial charge in [0.05, 0.1) is 18.6 Å². The number of halogens is 1. The molecule has 0 saturated carbocycles. The highest BCUT2D eigenvalue weighted by atomic mass is 79.9. The molecule has 0 spiro atoms. The van der Waals surface area contributed by atoms with Crippen molar-refractivity contribution in [2.24, 2.45) is 4.99 Å². The minimum atomic E-state index is -0.870. The summed E-state index contributed by atoms with van der Waals surface area (Å²) in [6, 6.07) is 5.72. The molecule has 1 N–H and O–H groups in total. The lowest BCUT2D eigenvalue weighted by Crippen LogP contribution is -2.21. The van der Waals surface area contributed by atoms with Crippen LogP contribution in [0.1, 0.15) is 31.4 Å². The first kappa shape index (κ1) is 13.1. The van der Waals surface area contributed by atoms with Crippen LogP contribution in [0, 0.1) is 0 Å². The van der Waals surface area contributed by atoms with Crippen molar-refractivity contribution in [3.8, 4) is 0 Å². The van der Waals surface area contributed by atoms with Crippen LogP contribution in [0.5, 0.6) is 0 Å². The Labute approximate surface area is 114 Å². The molecule has 2 rings (SSSR count). The number of rotatable bonds is 3. The van der Waals surface area contributed by atoms with Crippen molar-refractivity contribution in [2.45, 2.75) is 25.8 Å². The van der Waals surface area contributed by atoms with Gasteiger partial charge in [-0.25, -0.2) is 4.99 Å². The zero-order chi connectivity index (χ0) is 13.3. The van der Waals surface area contributed by atoms with Crippen LogP contribution in [-0.4, -0.2) is 23.6 Å². The third kappa shape index (κ3) is 2.27. The molecule has 1 aromatic carbocycles. The van der Waals surface area contributed by atoms with E-state index in [1.54, 1.807) is 0 Å². The van der Waals surface area contributed by atoms with E-state index in [0.717, 1.165) is 15.6 Å². The zero-order valence-electron chi connectivity index (χ0n) is 10.2. The van der Waals surface area contributed by atoms with E-state index in [9.17, 15) is 4.79 Å². The number of aliphatic carboxylic acids is 1. The van der Waals surface area contributed by atoms with Crippen molar-refractivity contribution >= 4 is 27.8 Å². The minimum absolute atomic E-state index is 0.0486. The van der Waals surface area contributed by atoms with Gasteiger partial charge < -0.3 is 9.84 Å². The SMILES string of the molecule is CCOC1=NC(C)(CC(=O)O)c2cc(Br)ccc21. The van der Waals surface area contributed by atoms with Gasteiger partial charge in [-0.05, 0) is 37.6 Å². The van der Waals surface area contributed by atoms with E-state index >= 15 is 0 Å². The summed E-state index contributed by atoms with van der Waals surface area (Å²) >= 11 is 3.40. The number of fused-ring (bicyclic) bond motifs is 1. The van der Waals surface area contributed by atoms with Gasteiger partial charge >= 0.3 is 5.97 Å². The second-order valence-electron chi connectivity index (χ2n) is 4.38. The summed E-state index contributed by atoms with van der Waals surface area (Å²) in [5.74, 6) is -0.339. The average molecular weight is 312 g/mol. The van der Waals surface area contributed by atoms with Crippen LogP contribution in [0.3, 0.4) is 0 Å². The summed E-state index contributed by atoms with van der Waals surface area (Å²) in [6.07, 6.45) is -0.0486. The molecule has 1 atom stereocenters. The standard InChI is InChI=1S/C13H14BrNO3/c1-3-18-12-9-5-4-8(14)6-10(9)13(2,15-12)7-11(16)17/h4-6H,3,7H2,1-2H3,(H,16,17). The molecule has 1 aromatic rings. The molecular weight excluding hydrogens is 298 g/mol. The highest BCUT2D eigenvalue weighted by Crippen LogP contribution is 2.39. The van der Waals surface area contributed by atoms with Crippen molar-refractivity contribution in [3.63, 3.8) is 0 Å². The molecule has 4 nitrogen and oxygen atoms in total. The van der Waals surface area contributed by atoms with Gasteiger partial charge in [0.25, 0.3) is 0 Å². The molecule has 0 bridgehead atoms. The maximum absolute atomic E-state index is 11.0. The third-order valence-electron chi connectivity index (χ3n) is 2.92. The molecule has 0 amide bonds. The van der Waals surface area contributed by atoms with Gasteiger partial charge in [0.1, 0.15) is 0 Å². The molecule has 0 aliphatic carbocycles. The number of aliphatic imine (C=N–C) groups is 1. The van der Waals surface area contributed by atoms with Crippen LogP contribution in [0.4, 0.5) is 0 Å². The Morgan fingerprint density at radius 1 is 1.56 bits per heavy atom. The van der Waals surface area contributed by atoms with Crippen molar-refractivity contribution in [1.82, 2.24) is 0 Å². The van der Waals surface area contributed by atoms with E-state index in [4.69, 9.17) is 9.84 Å². The number of carbonyl (C=O) groups is 1. The third-order valence-corrected chi connectivity index (χ3v) is 3.41. The van der Waals surface area contributed by atoms with E-state index < -0.39 is 11.5 Å². The smallest absolute Gasteiger partial charge is 0.306 e. The normalized spacial score (nSPS) is 21.4. The number of ether oxygens (including phenoxy) is 1. The topological polar surface area (TPSA) is 58.9 Å². The van der Waals surface area contributed by atoms with Crippen LogP contribution < -0.4 is 0 Å². The van der Waals surface area contributed by atoms with Crippen molar-refractivity contribution < 1.29 is 14.6 Å². The van der Waals surface area contributed by atoms with E-state index in [0.29, 0.717) is 12.5 Å². The molecule has 1 unspecified atom stereocenters. The summed E-state index contributed by atoms with van der Waals surface area (Å²) in [6.45, 7) is 4.21. The van der Waals surface area contributed by atoms with Gasteiger partial charge in [0.15, 0.2) is 0 Å². The van der Waals surface area contributed by atoms with E-state index in [2.05, 4.69) is 20.9 Å². The lowest BCUT2D eigenvalue weighted by molar-refractivity contribution is -0.138. The first-order valence-electron chi connectivity index (χ1n) is 5.71. The Kier molecular flexibility index (Phi) is 3.43. The quantitative estimate of drug-likeness (QED) is 0.933. The summed E-state index contributed by atoms with van der Waals surface area (Å²) in [5.41, 5.74) is 1.02. The number of carboxylic acid groups (broad SMARTS) is 1.